The third kappa shape index (κ3) is 3.86. The van der Waals surface area contributed by atoms with Crippen LogP contribution in [-0.2, 0) is 16.6 Å². The molecule has 3 aromatic rings. The fourth-order valence-electron chi connectivity index (χ4n) is 1.84. The summed E-state index contributed by atoms with van der Waals surface area (Å²) in [5.41, 5.74) is 1.50. The van der Waals surface area contributed by atoms with Gasteiger partial charge in [-0.1, -0.05) is 33.2 Å². The predicted molar refractivity (Wildman–Crippen MR) is 90.5 cm³/mol. The molecular formula is C14H12BrN3O3S2. The number of aromatic nitrogens is 2. The number of nitrogens with zero attached hydrogens (tertiary/aromatic N) is 2. The molecular weight excluding hydrogens is 402 g/mol. The molecule has 0 atom stereocenters. The number of benzene rings is 1. The summed E-state index contributed by atoms with van der Waals surface area (Å²) in [6.45, 7) is 1.91. The highest BCUT2D eigenvalue weighted by molar-refractivity contribution is 9.10. The SMILES string of the molecule is Cc1nc(-c2csc(S(=O)(=O)NCc3ccc(Br)cc3)c2)no1. The average Bonchev–Trinajstić information content (AvgIpc) is 3.16. The highest BCUT2D eigenvalue weighted by Gasteiger charge is 2.18. The first-order chi connectivity index (χ1) is 10.9. The molecule has 0 aliphatic rings. The van der Waals surface area contributed by atoms with Crippen molar-refractivity contribution in [3.05, 3.63) is 51.6 Å². The molecule has 2 aromatic heterocycles. The maximum atomic E-state index is 12.3. The zero-order valence-corrected chi connectivity index (χ0v) is 15.2. The minimum atomic E-state index is -3.58. The Hall–Kier alpha value is -1.55. The van der Waals surface area contributed by atoms with Crippen LogP contribution < -0.4 is 4.72 Å². The van der Waals surface area contributed by atoms with Gasteiger partial charge in [-0.3, -0.25) is 0 Å². The van der Waals surface area contributed by atoms with Crippen LogP contribution >= 0.6 is 27.3 Å². The number of halogens is 1. The second-order valence-corrected chi connectivity index (χ2v) is 8.56. The molecule has 6 nitrogen and oxygen atoms in total. The smallest absolute Gasteiger partial charge is 0.250 e. The minimum absolute atomic E-state index is 0.215. The maximum absolute atomic E-state index is 12.3. The van der Waals surface area contributed by atoms with E-state index in [1.54, 1.807) is 18.4 Å². The Morgan fingerprint density at radius 2 is 2.04 bits per heavy atom. The van der Waals surface area contributed by atoms with Crippen molar-refractivity contribution in [1.82, 2.24) is 14.9 Å². The summed E-state index contributed by atoms with van der Waals surface area (Å²) in [6, 6.07) is 8.98. The zero-order valence-electron chi connectivity index (χ0n) is 12.0. The number of thiophene rings is 1. The van der Waals surface area contributed by atoms with E-state index in [2.05, 4.69) is 30.8 Å². The van der Waals surface area contributed by atoms with Gasteiger partial charge in [-0.05, 0) is 23.8 Å². The summed E-state index contributed by atoms with van der Waals surface area (Å²) in [7, 11) is -3.58. The Morgan fingerprint density at radius 1 is 1.30 bits per heavy atom. The van der Waals surface area contributed by atoms with Gasteiger partial charge in [0.05, 0.1) is 0 Å². The van der Waals surface area contributed by atoms with E-state index in [0.717, 1.165) is 21.4 Å². The van der Waals surface area contributed by atoms with Crippen LogP contribution in [0.15, 0.2) is 48.9 Å². The molecule has 0 bridgehead atoms. The number of sulfonamides is 1. The van der Waals surface area contributed by atoms with E-state index >= 15 is 0 Å². The topological polar surface area (TPSA) is 85.1 Å². The summed E-state index contributed by atoms with van der Waals surface area (Å²) < 4.78 is 33.3. The molecule has 0 spiro atoms. The fraction of sp³-hybridized carbons (Fsp3) is 0.143. The van der Waals surface area contributed by atoms with Gasteiger partial charge in [-0.25, -0.2) is 13.1 Å². The van der Waals surface area contributed by atoms with Gasteiger partial charge in [0, 0.05) is 28.9 Å². The predicted octanol–water partition coefficient (Wildman–Crippen LogP) is 3.35. The average molecular weight is 414 g/mol. The second-order valence-electron chi connectivity index (χ2n) is 4.74. The molecule has 0 aliphatic heterocycles. The van der Waals surface area contributed by atoms with Gasteiger partial charge in [0.1, 0.15) is 4.21 Å². The van der Waals surface area contributed by atoms with Crippen molar-refractivity contribution < 1.29 is 12.9 Å². The van der Waals surface area contributed by atoms with E-state index < -0.39 is 10.0 Å². The first-order valence-electron chi connectivity index (χ1n) is 6.57. The van der Waals surface area contributed by atoms with Crippen LogP contribution in [0.3, 0.4) is 0 Å². The molecule has 23 heavy (non-hydrogen) atoms. The van der Waals surface area contributed by atoms with Gasteiger partial charge >= 0.3 is 0 Å². The van der Waals surface area contributed by atoms with Crippen LogP contribution in [0.1, 0.15) is 11.5 Å². The Kier molecular flexibility index (Phi) is 4.62. The molecule has 0 radical (unpaired) electrons. The van der Waals surface area contributed by atoms with Gasteiger partial charge in [-0.2, -0.15) is 4.98 Å². The molecule has 0 aliphatic carbocycles. The number of aryl methyl sites for hydroxylation is 1. The van der Waals surface area contributed by atoms with Crippen molar-refractivity contribution in [2.45, 2.75) is 17.7 Å². The Balaban J connectivity index is 1.75. The first kappa shape index (κ1) is 16.3. The van der Waals surface area contributed by atoms with Crippen molar-refractivity contribution in [3.8, 4) is 11.4 Å². The van der Waals surface area contributed by atoms with Crippen molar-refractivity contribution >= 4 is 37.3 Å². The van der Waals surface area contributed by atoms with E-state index in [9.17, 15) is 8.42 Å². The van der Waals surface area contributed by atoms with E-state index in [4.69, 9.17) is 4.52 Å². The monoisotopic (exact) mass is 413 g/mol. The third-order valence-corrected chi connectivity index (χ3v) is 6.38. The molecule has 1 aromatic carbocycles. The van der Waals surface area contributed by atoms with E-state index in [1.807, 2.05) is 24.3 Å². The minimum Gasteiger partial charge on any atom is -0.339 e. The maximum Gasteiger partial charge on any atom is 0.250 e. The quantitative estimate of drug-likeness (QED) is 0.692. The lowest BCUT2D eigenvalue weighted by atomic mass is 10.2. The molecule has 0 unspecified atom stereocenters. The van der Waals surface area contributed by atoms with Gasteiger partial charge in [0.2, 0.25) is 21.7 Å². The van der Waals surface area contributed by atoms with Crippen LogP contribution in [0.4, 0.5) is 0 Å². The van der Waals surface area contributed by atoms with E-state index in [1.165, 1.54) is 0 Å². The lowest BCUT2D eigenvalue weighted by Gasteiger charge is -2.04. The van der Waals surface area contributed by atoms with E-state index in [-0.39, 0.29) is 10.8 Å². The van der Waals surface area contributed by atoms with Gasteiger partial charge in [0.25, 0.3) is 0 Å². The standard InChI is InChI=1S/C14H12BrN3O3S2/c1-9-17-14(18-21-9)11-6-13(22-8-11)23(19,20)16-7-10-2-4-12(15)5-3-10/h2-6,8,16H,7H2,1H3. The lowest BCUT2D eigenvalue weighted by Crippen LogP contribution is -2.22. The Bertz CT molecular complexity index is 917. The molecule has 0 amide bonds. The molecule has 3 rings (SSSR count). The highest BCUT2D eigenvalue weighted by atomic mass is 79.9. The number of hydrogen-bond donors (Lipinski definition) is 1. The van der Waals surface area contributed by atoms with E-state index in [0.29, 0.717) is 17.3 Å². The molecule has 120 valence electrons. The van der Waals surface area contributed by atoms with Crippen LogP contribution in [-0.4, -0.2) is 18.6 Å². The zero-order chi connectivity index (χ0) is 16.4. The summed E-state index contributed by atoms with van der Waals surface area (Å²) in [4.78, 5) is 4.09. The summed E-state index contributed by atoms with van der Waals surface area (Å²) in [5.74, 6) is 0.817. The summed E-state index contributed by atoms with van der Waals surface area (Å²) in [6.07, 6.45) is 0. The number of rotatable bonds is 5. The lowest BCUT2D eigenvalue weighted by molar-refractivity contribution is 0.394. The Morgan fingerprint density at radius 3 is 2.70 bits per heavy atom. The summed E-state index contributed by atoms with van der Waals surface area (Å²) >= 11 is 4.46. The van der Waals surface area contributed by atoms with Crippen molar-refractivity contribution in [2.75, 3.05) is 0 Å². The van der Waals surface area contributed by atoms with Crippen LogP contribution in [0.5, 0.6) is 0 Å². The second kappa shape index (κ2) is 6.52. The van der Waals surface area contributed by atoms with Crippen LogP contribution in [0.25, 0.3) is 11.4 Å². The molecule has 0 fully saturated rings. The summed E-state index contributed by atoms with van der Waals surface area (Å²) in [5, 5.41) is 5.48. The van der Waals surface area contributed by atoms with Crippen molar-refractivity contribution in [3.63, 3.8) is 0 Å². The number of nitrogens with one attached hydrogen (secondary N) is 1. The normalized spacial score (nSPS) is 11.7. The third-order valence-electron chi connectivity index (χ3n) is 3.01. The Labute approximate surface area is 145 Å². The molecule has 0 saturated carbocycles. The first-order valence-corrected chi connectivity index (χ1v) is 9.73. The molecule has 0 saturated heterocycles. The van der Waals surface area contributed by atoms with Crippen LogP contribution in [0.2, 0.25) is 0 Å². The van der Waals surface area contributed by atoms with Gasteiger partial charge < -0.3 is 4.52 Å². The number of hydrogen-bond acceptors (Lipinski definition) is 6. The van der Waals surface area contributed by atoms with Crippen LogP contribution in [0, 0.1) is 6.92 Å². The van der Waals surface area contributed by atoms with Crippen molar-refractivity contribution in [2.24, 2.45) is 0 Å². The largest absolute Gasteiger partial charge is 0.339 e. The molecule has 1 N–H and O–H groups in total. The molecule has 9 heteroatoms. The highest BCUT2D eigenvalue weighted by Crippen LogP contribution is 2.26. The van der Waals surface area contributed by atoms with Gasteiger partial charge in [0.15, 0.2) is 0 Å². The van der Waals surface area contributed by atoms with Gasteiger partial charge in [-0.15, -0.1) is 11.3 Å². The molecule has 2 heterocycles. The van der Waals surface area contributed by atoms with Crippen molar-refractivity contribution in [1.29, 1.82) is 0 Å². The fourth-order valence-corrected chi connectivity index (χ4v) is 4.33.